The fourth-order valence-electron chi connectivity index (χ4n) is 1.11. The summed E-state index contributed by atoms with van der Waals surface area (Å²) in [5.41, 5.74) is 6.12. The maximum Gasteiger partial charge on any atom is 0.242 e. The summed E-state index contributed by atoms with van der Waals surface area (Å²) in [6.07, 6.45) is 1.37. The minimum Gasteiger partial charge on any atom is -0.479 e. The number of rotatable bonds is 6. The van der Waals surface area contributed by atoms with Crippen molar-refractivity contribution >= 4 is 22.3 Å². The maximum absolute atomic E-state index is 11.2. The Hall–Kier alpha value is -1.37. The highest BCUT2D eigenvalue weighted by atomic mass is 32.2. The van der Waals surface area contributed by atoms with Crippen LogP contribution in [0.1, 0.15) is 6.92 Å². The fraction of sp³-hybridized carbons (Fsp3) is 0.556. The average Bonchev–Trinajstić information content (AvgIpc) is 2.31. The minimum atomic E-state index is -0.792. The Labute approximate surface area is 97.1 Å². The van der Waals surface area contributed by atoms with Crippen molar-refractivity contribution in [3.63, 3.8) is 0 Å². The molecule has 6 nitrogen and oxygen atoms in total. The van der Waals surface area contributed by atoms with Crippen molar-refractivity contribution in [2.24, 2.45) is 0 Å². The lowest BCUT2D eigenvalue weighted by molar-refractivity contribution is 0.399. The lowest BCUT2D eigenvalue weighted by atomic mass is 10.4. The molecule has 0 aliphatic carbocycles. The normalized spacial score (nSPS) is 12.1. The lowest BCUT2D eigenvalue weighted by Gasteiger charge is -2.09. The monoisotopic (exact) mass is 244 g/mol. The van der Waals surface area contributed by atoms with Crippen LogP contribution in [0.4, 0.5) is 11.5 Å². The Morgan fingerprint density at radius 2 is 2.31 bits per heavy atom. The van der Waals surface area contributed by atoms with Gasteiger partial charge in [0.25, 0.3) is 0 Å². The molecule has 3 N–H and O–H groups in total. The van der Waals surface area contributed by atoms with E-state index in [-0.39, 0.29) is 0 Å². The second-order valence-electron chi connectivity index (χ2n) is 3.00. The molecule has 1 rings (SSSR count). The number of nitrogens with two attached hydrogens (primary N) is 1. The van der Waals surface area contributed by atoms with E-state index in [0.717, 1.165) is 0 Å². The number of nitrogens with zero attached hydrogens (tertiary/aromatic N) is 2. The van der Waals surface area contributed by atoms with Crippen LogP contribution in [-0.4, -0.2) is 39.3 Å². The predicted molar refractivity (Wildman–Crippen MR) is 65.0 cm³/mol. The van der Waals surface area contributed by atoms with Gasteiger partial charge in [0.15, 0.2) is 5.82 Å². The zero-order valence-corrected chi connectivity index (χ0v) is 10.2. The molecule has 0 fully saturated rings. The number of hydrogen-bond acceptors (Lipinski definition) is 6. The van der Waals surface area contributed by atoms with Gasteiger partial charge in [-0.05, 0) is 0 Å². The molecule has 0 radical (unpaired) electrons. The molecule has 1 unspecified atom stereocenters. The van der Waals surface area contributed by atoms with Gasteiger partial charge in [0.1, 0.15) is 12.0 Å². The molecule has 0 saturated heterocycles. The standard InChI is InChI=1S/C9H16N4O2S/c1-3-16(14)5-4-11-8-7(10)9(15-2)13-6-12-8/h6H,3-5,10H2,1-2H3,(H,11,12,13). The molecule has 1 aromatic heterocycles. The van der Waals surface area contributed by atoms with E-state index in [4.69, 9.17) is 10.5 Å². The van der Waals surface area contributed by atoms with Crippen LogP contribution in [0.2, 0.25) is 0 Å². The van der Waals surface area contributed by atoms with Crippen molar-refractivity contribution in [1.82, 2.24) is 9.97 Å². The van der Waals surface area contributed by atoms with Gasteiger partial charge in [-0.1, -0.05) is 6.92 Å². The van der Waals surface area contributed by atoms with Gasteiger partial charge in [0, 0.05) is 28.9 Å². The van der Waals surface area contributed by atoms with Gasteiger partial charge in [-0.3, -0.25) is 4.21 Å². The van der Waals surface area contributed by atoms with E-state index >= 15 is 0 Å². The quantitative estimate of drug-likeness (QED) is 0.745. The van der Waals surface area contributed by atoms with Crippen LogP contribution in [0.3, 0.4) is 0 Å². The smallest absolute Gasteiger partial charge is 0.242 e. The summed E-state index contributed by atoms with van der Waals surface area (Å²) in [5.74, 6) is 2.08. The van der Waals surface area contributed by atoms with Crippen LogP contribution in [-0.2, 0) is 10.8 Å². The SMILES string of the molecule is CCS(=O)CCNc1ncnc(OC)c1N. The van der Waals surface area contributed by atoms with Gasteiger partial charge in [-0.2, -0.15) is 4.98 Å². The summed E-state index contributed by atoms with van der Waals surface area (Å²) < 4.78 is 16.2. The Morgan fingerprint density at radius 1 is 1.56 bits per heavy atom. The van der Waals surface area contributed by atoms with E-state index < -0.39 is 10.8 Å². The van der Waals surface area contributed by atoms with Crippen molar-refractivity contribution in [2.75, 3.05) is 36.2 Å². The molecule has 90 valence electrons. The molecule has 16 heavy (non-hydrogen) atoms. The first-order valence-corrected chi connectivity index (χ1v) is 6.41. The molecule has 1 aromatic rings. The molecule has 0 aliphatic heterocycles. The van der Waals surface area contributed by atoms with Crippen LogP contribution in [0.5, 0.6) is 5.88 Å². The summed E-state index contributed by atoms with van der Waals surface area (Å²) in [7, 11) is 0.702. The molecule has 0 bridgehead atoms. The molecular weight excluding hydrogens is 228 g/mol. The number of ether oxygens (including phenoxy) is 1. The second-order valence-corrected chi connectivity index (χ2v) is 4.87. The van der Waals surface area contributed by atoms with Gasteiger partial charge in [-0.15, -0.1) is 0 Å². The molecular formula is C9H16N4O2S. The van der Waals surface area contributed by atoms with Crippen molar-refractivity contribution < 1.29 is 8.95 Å². The van der Waals surface area contributed by atoms with Gasteiger partial charge >= 0.3 is 0 Å². The fourth-order valence-corrected chi connectivity index (χ4v) is 1.73. The van der Waals surface area contributed by atoms with E-state index in [1.54, 1.807) is 0 Å². The number of hydrogen-bond donors (Lipinski definition) is 2. The number of anilines is 2. The number of aromatic nitrogens is 2. The minimum absolute atomic E-state index is 0.342. The zero-order valence-electron chi connectivity index (χ0n) is 9.40. The number of nitrogen functional groups attached to an aromatic ring is 1. The Kier molecular flexibility index (Phi) is 4.97. The van der Waals surface area contributed by atoms with E-state index in [9.17, 15) is 4.21 Å². The van der Waals surface area contributed by atoms with Crippen molar-refractivity contribution in [2.45, 2.75) is 6.92 Å². The Bertz CT molecular complexity index is 373. The summed E-state index contributed by atoms with van der Waals surface area (Å²) in [4.78, 5) is 7.84. The first-order chi connectivity index (χ1) is 7.69. The molecule has 0 amide bonds. The third-order valence-corrected chi connectivity index (χ3v) is 3.29. The molecule has 7 heteroatoms. The van der Waals surface area contributed by atoms with Gasteiger partial charge in [0.2, 0.25) is 5.88 Å². The van der Waals surface area contributed by atoms with E-state index in [1.807, 2.05) is 6.92 Å². The third kappa shape index (κ3) is 3.34. The van der Waals surface area contributed by atoms with E-state index in [2.05, 4.69) is 15.3 Å². The van der Waals surface area contributed by atoms with E-state index in [0.29, 0.717) is 35.4 Å². The predicted octanol–water partition coefficient (Wildman–Crippen LogP) is 0.248. The highest BCUT2D eigenvalue weighted by Gasteiger charge is 2.07. The molecule has 0 spiro atoms. The van der Waals surface area contributed by atoms with Crippen LogP contribution < -0.4 is 15.8 Å². The number of methoxy groups -OCH3 is 1. The highest BCUT2D eigenvalue weighted by molar-refractivity contribution is 7.84. The second kappa shape index (κ2) is 6.26. The first kappa shape index (κ1) is 12.7. The van der Waals surface area contributed by atoms with Gasteiger partial charge in [0.05, 0.1) is 7.11 Å². The summed E-state index contributed by atoms with van der Waals surface area (Å²) in [6.45, 7) is 2.45. The van der Waals surface area contributed by atoms with E-state index in [1.165, 1.54) is 13.4 Å². The number of nitrogens with one attached hydrogen (secondary N) is 1. The van der Waals surface area contributed by atoms with Crippen LogP contribution in [0, 0.1) is 0 Å². The maximum atomic E-state index is 11.2. The Morgan fingerprint density at radius 3 is 2.94 bits per heavy atom. The van der Waals surface area contributed by atoms with Gasteiger partial charge < -0.3 is 15.8 Å². The summed E-state index contributed by atoms with van der Waals surface area (Å²) >= 11 is 0. The van der Waals surface area contributed by atoms with Crippen molar-refractivity contribution in [3.05, 3.63) is 6.33 Å². The molecule has 0 aliphatic rings. The molecule has 0 aromatic carbocycles. The topological polar surface area (TPSA) is 90.1 Å². The van der Waals surface area contributed by atoms with Crippen molar-refractivity contribution in [3.8, 4) is 5.88 Å². The summed E-state index contributed by atoms with van der Waals surface area (Å²) in [6, 6.07) is 0. The highest BCUT2D eigenvalue weighted by Crippen LogP contribution is 2.23. The summed E-state index contributed by atoms with van der Waals surface area (Å²) in [5, 5.41) is 3.00. The first-order valence-electron chi connectivity index (χ1n) is 4.92. The van der Waals surface area contributed by atoms with Crippen molar-refractivity contribution in [1.29, 1.82) is 0 Å². The lowest BCUT2D eigenvalue weighted by Crippen LogP contribution is -2.14. The average molecular weight is 244 g/mol. The third-order valence-electron chi connectivity index (χ3n) is 1.98. The van der Waals surface area contributed by atoms with Crippen LogP contribution in [0.15, 0.2) is 6.33 Å². The van der Waals surface area contributed by atoms with Gasteiger partial charge in [-0.25, -0.2) is 4.98 Å². The Balaban J connectivity index is 2.57. The molecule has 0 saturated carbocycles. The largest absolute Gasteiger partial charge is 0.479 e. The molecule has 1 atom stereocenters. The van der Waals surface area contributed by atoms with Crippen LogP contribution >= 0.6 is 0 Å². The zero-order chi connectivity index (χ0) is 12.0. The van der Waals surface area contributed by atoms with Crippen LogP contribution in [0.25, 0.3) is 0 Å². The molecule has 1 heterocycles.